The summed E-state index contributed by atoms with van der Waals surface area (Å²) in [4.78, 5) is 29.5. The molecule has 0 saturated carbocycles. The van der Waals surface area contributed by atoms with Crippen molar-refractivity contribution < 1.29 is 19.1 Å². The summed E-state index contributed by atoms with van der Waals surface area (Å²) in [5.41, 5.74) is 2.19. The van der Waals surface area contributed by atoms with Gasteiger partial charge in [-0.1, -0.05) is 12.1 Å². The number of hydrogen-bond acceptors (Lipinski definition) is 5. The zero-order valence-corrected chi connectivity index (χ0v) is 17.8. The van der Waals surface area contributed by atoms with Gasteiger partial charge in [-0.05, 0) is 42.9 Å². The van der Waals surface area contributed by atoms with Gasteiger partial charge in [-0.15, -0.1) is 0 Å². The highest BCUT2D eigenvalue weighted by Gasteiger charge is 2.33. The molecule has 2 amide bonds. The lowest BCUT2D eigenvalue weighted by atomic mass is 9.97. The van der Waals surface area contributed by atoms with Crippen LogP contribution >= 0.6 is 0 Å². The molecule has 29 heavy (non-hydrogen) atoms. The Labute approximate surface area is 173 Å². The van der Waals surface area contributed by atoms with Gasteiger partial charge >= 0.3 is 0 Å². The predicted molar refractivity (Wildman–Crippen MR) is 111 cm³/mol. The lowest BCUT2D eigenvalue weighted by Crippen LogP contribution is -2.56. The van der Waals surface area contributed by atoms with Gasteiger partial charge in [-0.2, -0.15) is 0 Å². The fourth-order valence-corrected chi connectivity index (χ4v) is 4.33. The lowest BCUT2D eigenvalue weighted by molar-refractivity contribution is -0.140. The van der Waals surface area contributed by atoms with Crippen LogP contribution in [-0.2, 0) is 20.9 Å². The number of hydrogen-bond donors (Lipinski definition) is 1. The number of piperidine rings is 1. The quantitative estimate of drug-likeness (QED) is 0.749. The van der Waals surface area contributed by atoms with E-state index in [-0.39, 0.29) is 18.2 Å². The van der Waals surface area contributed by atoms with Crippen molar-refractivity contribution in [3.63, 3.8) is 0 Å². The van der Waals surface area contributed by atoms with E-state index in [1.165, 1.54) is 0 Å². The number of nitrogens with one attached hydrogen (secondary N) is 1. The second-order valence-electron chi connectivity index (χ2n) is 8.06. The third-order valence-corrected chi connectivity index (χ3v) is 6.02. The number of aryl methyl sites for hydroxylation is 1. The van der Waals surface area contributed by atoms with E-state index in [0.717, 1.165) is 56.0 Å². The topological polar surface area (TPSA) is 71.1 Å². The first-order valence-electron chi connectivity index (χ1n) is 10.4. The van der Waals surface area contributed by atoms with Crippen LogP contribution in [0.15, 0.2) is 18.2 Å². The summed E-state index contributed by atoms with van der Waals surface area (Å²) in [6, 6.07) is 5.65. The molecule has 1 aromatic carbocycles. The molecule has 2 aliphatic heterocycles. The van der Waals surface area contributed by atoms with Crippen molar-refractivity contribution in [3.8, 4) is 5.75 Å². The van der Waals surface area contributed by atoms with Gasteiger partial charge in [0, 0.05) is 46.4 Å². The number of rotatable bonds is 7. The first kappa shape index (κ1) is 21.6. The Morgan fingerprint density at radius 3 is 2.62 bits per heavy atom. The van der Waals surface area contributed by atoms with E-state index >= 15 is 0 Å². The average molecular weight is 404 g/mol. The summed E-state index contributed by atoms with van der Waals surface area (Å²) in [5.74, 6) is 1.40. The minimum absolute atomic E-state index is 0.0518. The van der Waals surface area contributed by atoms with Crippen molar-refractivity contribution in [1.29, 1.82) is 0 Å². The molecule has 3 rings (SSSR count). The Morgan fingerprint density at radius 1 is 1.21 bits per heavy atom. The van der Waals surface area contributed by atoms with E-state index in [1.54, 1.807) is 14.2 Å². The first-order chi connectivity index (χ1) is 14.0. The van der Waals surface area contributed by atoms with Crippen LogP contribution in [0.4, 0.5) is 0 Å². The molecule has 2 aliphatic rings. The van der Waals surface area contributed by atoms with E-state index in [9.17, 15) is 9.59 Å². The number of carbonyl (C=O) groups is 2. The van der Waals surface area contributed by atoms with E-state index < -0.39 is 6.04 Å². The number of carbonyl (C=O) groups excluding carboxylic acids is 2. The Hall–Kier alpha value is -2.12. The number of benzene rings is 1. The molecular formula is C22H33N3O4. The maximum Gasteiger partial charge on any atom is 0.237 e. The molecule has 1 N–H and O–H groups in total. The third kappa shape index (κ3) is 5.48. The highest BCUT2D eigenvalue weighted by Crippen LogP contribution is 2.23. The van der Waals surface area contributed by atoms with Crippen molar-refractivity contribution in [2.45, 2.75) is 38.8 Å². The average Bonchev–Trinajstić information content (AvgIpc) is 2.71. The van der Waals surface area contributed by atoms with Crippen LogP contribution < -0.4 is 10.1 Å². The minimum Gasteiger partial charge on any atom is -0.496 e. The molecule has 0 unspecified atom stereocenters. The number of piperazine rings is 1. The largest absolute Gasteiger partial charge is 0.496 e. The van der Waals surface area contributed by atoms with Gasteiger partial charge in [0.1, 0.15) is 5.75 Å². The number of nitrogens with zero attached hydrogens (tertiary/aromatic N) is 2. The maximum atomic E-state index is 12.9. The molecule has 0 aliphatic carbocycles. The van der Waals surface area contributed by atoms with Gasteiger partial charge in [-0.25, -0.2) is 0 Å². The van der Waals surface area contributed by atoms with E-state index in [4.69, 9.17) is 9.47 Å². The molecule has 0 bridgehead atoms. The summed E-state index contributed by atoms with van der Waals surface area (Å²) >= 11 is 0. The molecule has 160 valence electrons. The maximum absolute atomic E-state index is 12.9. The number of methoxy groups -OCH3 is 2. The molecule has 2 heterocycles. The van der Waals surface area contributed by atoms with Gasteiger partial charge < -0.3 is 19.7 Å². The fourth-order valence-electron chi connectivity index (χ4n) is 4.33. The second-order valence-corrected chi connectivity index (χ2v) is 8.06. The summed E-state index contributed by atoms with van der Waals surface area (Å²) in [6.45, 7) is 6.26. The molecule has 1 aromatic rings. The Bertz CT molecular complexity index is 716. The van der Waals surface area contributed by atoms with Crippen LogP contribution in [-0.4, -0.2) is 74.7 Å². The van der Waals surface area contributed by atoms with Crippen LogP contribution in [0, 0.1) is 12.8 Å². The Morgan fingerprint density at radius 2 is 1.97 bits per heavy atom. The molecule has 0 radical (unpaired) electrons. The molecule has 7 heteroatoms. The van der Waals surface area contributed by atoms with Crippen molar-refractivity contribution in [2.24, 2.45) is 5.92 Å². The van der Waals surface area contributed by atoms with Crippen LogP contribution in [0.1, 0.15) is 30.4 Å². The third-order valence-electron chi connectivity index (χ3n) is 6.02. The van der Waals surface area contributed by atoms with Crippen LogP contribution in [0.2, 0.25) is 0 Å². The molecular weight excluding hydrogens is 370 g/mol. The standard InChI is InChI=1S/C22H33N3O4/c1-16-12-18(4-5-20(16)29-3)14-25-11-8-23-22(27)19(25)13-21(26)24-9-6-17(7-10-24)15-28-2/h4-5,12,17,19H,6-11,13-15H2,1-3H3,(H,23,27)/t19-/m1/s1. The SMILES string of the molecule is COCC1CCN(C(=O)C[C@@H]2C(=O)NCCN2Cc2ccc(OC)c(C)c2)CC1. The zero-order valence-electron chi connectivity index (χ0n) is 17.8. The fraction of sp³-hybridized carbons (Fsp3) is 0.636. The monoisotopic (exact) mass is 403 g/mol. The van der Waals surface area contributed by atoms with Crippen LogP contribution in [0.25, 0.3) is 0 Å². The zero-order chi connectivity index (χ0) is 20.8. The summed E-state index contributed by atoms with van der Waals surface area (Å²) in [7, 11) is 3.38. The highest BCUT2D eigenvalue weighted by molar-refractivity contribution is 5.88. The van der Waals surface area contributed by atoms with Gasteiger partial charge in [0.05, 0.1) is 19.6 Å². The number of amides is 2. The van der Waals surface area contributed by atoms with Gasteiger partial charge in [-0.3, -0.25) is 14.5 Å². The highest BCUT2D eigenvalue weighted by atomic mass is 16.5. The Balaban J connectivity index is 1.62. The predicted octanol–water partition coefficient (Wildman–Crippen LogP) is 1.58. The molecule has 7 nitrogen and oxygen atoms in total. The number of likely N-dealkylation sites (tertiary alicyclic amines) is 1. The van der Waals surface area contributed by atoms with Crippen LogP contribution in [0.3, 0.4) is 0 Å². The second kappa shape index (κ2) is 10.1. The summed E-state index contributed by atoms with van der Waals surface area (Å²) in [6.07, 6.45) is 2.16. The van der Waals surface area contributed by atoms with Crippen molar-refractivity contribution in [1.82, 2.24) is 15.1 Å². The minimum atomic E-state index is -0.421. The van der Waals surface area contributed by atoms with Gasteiger partial charge in [0.2, 0.25) is 11.8 Å². The first-order valence-corrected chi connectivity index (χ1v) is 10.4. The lowest BCUT2D eigenvalue weighted by Gasteiger charge is -2.37. The molecule has 2 saturated heterocycles. The van der Waals surface area contributed by atoms with E-state index in [2.05, 4.69) is 16.3 Å². The van der Waals surface area contributed by atoms with Crippen LogP contribution in [0.5, 0.6) is 5.75 Å². The van der Waals surface area contributed by atoms with E-state index in [0.29, 0.717) is 19.0 Å². The molecule has 1 atom stereocenters. The van der Waals surface area contributed by atoms with Crippen molar-refractivity contribution in [2.75, 3.05) is 47.0 Å². The number of ether oxygens (including phenoxy) is 2. The summed E-state index contributed by atoms with van der Waals surface area (Å²) < 4.78 is 10.6. The van der Waals surface area contributed by atoms with Gasteiger partial charge in [0.15, 0.2) is 0 Å². The smallest absolute Gasteiger partial charge is 0.237 e. The normalized spacial score (nSPS) is 21.1. The molecule has 0 aromatic heterocycles. The molecule has 0 spiro atoms. The van der Waals surface area contributed by atoms with Gasteiger partial charge in [0.25, 0.3) is 0 Å². The van der Waals surface area contributed by atoms with Crippen molar-refractivity contribution >= 4 is 11.8 Å². The Kier molecular flexibility index (Phi) is 7.50. The molecule has 2 fully saturated rings. The van der Waals surface area contributed by atoms with E-state index in [1.807, 2.05) is 24.0 Å². The summed E-state index contributed by atoms with van der Waals surface area (Å²) in [5, 5.41) is 2.92. The van der Waals surface area contributed by atoms with Crippen molar-refractivity contribution in [3.05, 3.63) is 29.3 Å².